The number of halogens is 1. The highest BCUT2D eigenvalue weighted by atomic mass is 79.9. The lowest BCUT2D eigenvalue weighted by atomic mass is 10.3. The average molecular weight is 398 g/mol. The minimum Gasteiger partial charge on any atom is -0.398 e. The molecule has 0 saturated carbocycles. The van der Waals surface area contributed by atoms with E-state index < -0.39 is 20.0 Å². The summed E-state index contributed by atoms with van der Waals surface area (Å²) in [6.07, 6.45) is 1.11. The molecule has 10 heteroatoms. The second kappa shape index (κ2) is 5.84. The molecule has 1 aliphatic heterocycles. The van der Waals surface area contributed by atoms with Crippen molar-refractivity contribution in [2.75, 3.05) is 38.2 Å². The fraction of sp³-hybridized carbons (Fsp3) is 0.455. The van der Waals surface area contributed by atoms with E-state index in [0.717, 1.165) is 6.26 Å². The summed E-state index contributed by atoms with van der Waals surface area (Å²) in [6, 6.07) is 4.58. The molecule has 2 N–H and O–H groups in total. The molecule has 0 aliphatic carbocycles. The second-order valence-corrected chi connectivity index (χ2v) is 9.55. The number of benzene rings is 1. The molecule has 0 spiro atoms. The van der Waals surface area contributed by atoms with Gasteiger partial charge in [0.15, 0.2) is 0 Å². The number of piperazine rings is 1. The first-order valence-electron chi connectivity index (χ1n) is 6.12. The first-order valence-corrected chi connectivity index (χ1v) is 10.2. The third-order valence-electron chi connectivity index (χ3n) is 3.26. The topological polar surface area (TPSA) is 101 Å². The van der Waals surface area contributed by atoms with Gasteiger partial charge in [0.2, 0.25) is 20.0 Å². The van der Waals surface area contributed by atoms with Gasteiger partial charge in [-0.15, -0.1) is 0 Å². The summed E-state index contributed by atoms with van der Waals surface area (Å²) < 4.78 is 51.2. The largest absolute Gasteiger partial charge is 0.398 e. The Labute approximate surface area is 132 Å². The first kappa shape index (κ1) is 16.7. The Morgan fingerprint density at radius 1 is 1.05 bits per heavy atom. The number of sulfonamides is 2. The van der Waals surface area contributed by atoms with E-state index in [1.165, 1.54) is 20.7 Å². The lowest BCUT2D eigenvalue weighted by molar-refractivity contribution is 0.274. The van der Waals surface area contributed by atoms with Gasteiger partial charge in [0.1, 0.15) is 4.90 Å². The van der Waals surface area contributed by atoms with E-state index in [1.54, 1.807) is 6.07 Å². The zero-order chi connectivity index (χ0) is 15.8. The van der Waals surface area contributed by atoms with Crippen LogP contribution in [0.4, 0.5) is 5.69 Å². The van der Waals surface area contributed by atoms with Crippen LogP contribution in [0.5, 0.6) is 0 Å². The SMILES string of the molecule is CS(=O)(=O)N1CCN(S(=O)(=O)c2ccc(Br)cc2N)CC1. The molecule has 7 nitrogen and oxygen atoms in total. The molecule has 118 valence electrons. The maximum Gasteiger partial charge on any atom is 0.245 e. The van der Waals surface area contributed by atoms with Gasteiger partial charge in [-0.1, -0.05) is 15.9 Å². The Kier molecular flexibility index (Phi) is 4.64. The van der Waals surface area contributed by atoms with Gasteiger partial charge in [0.25, 0.3) is 0 Å². The smallest absolute Gasteiger partial charge is 0.245 e. The summed E-state index contributed by atoms with van der Waals surface area (Å²) in [5, 5.41) is 0. The standard InChI is InChI=1S/C11H16BrN3O4S2/c1-20(16,17)14-4-6-15(7-5-14)21(18,19)11-3-2-9(12)8-10(11)13/h2-3,8H,4-7,13H2,1H3. The van der Waals surface area contributed by atoms with Gasteiger partial charge in [-0.2, -0.15) is 8.61 Å². The molecule has 0 atom stereocenters. The molecule has 1 heterocycles. The van der Waals surface area contributed by atoms with Crippen LogP contribution < -0.4 is 5.73 Å². The molecule has 1 saturated heterocycles. The van der Waals surface area contributed by atoms with Gasteiger partial charge >= 0.3 is 0 Å². The molecular formula is C11H16BrN3O4S2. The Morgan fingerprint density at radius 2 is 1.57 bits per heavy atom. The predicted octanol–water partition coefficient (Wildman–Crippen LogP) is 0.297. The predicted molar refractivity (Wildman–Crippen MR) is 83.7 cm³/mol. The van der Waals surface area contributed by atoms with Crippen molar-refractivity contribution in [3.63, 3.8) is 0 Å². The first-order chi connectivity index (χ1) is 9.62. The number of anilines is 1. The summed E-state index contributed by atoms with van der Waals surface area (Å²) in [6.45, 7) is 0.527. The van der Waals surface area contributed by atoms with E-state index in [0.29, 0.717) is 4.47 Å². The van der Waals surface area contributed by atoms with Gasteiger partial charge in [-0.3, -0.25) is 0 Å². The van der Waals surface area contributed by atoms with Crippen molar-refractivity contribution in [1.82, 2.24) is 8.61 Å². The van der Waals surface area contributed by atoms with Gasteiger partial charge < -0.3 is 5.73 Å². The van der Waals surface area contributed by atoms with Crippen molar-refractivity contribution in [2.24, 2.45) is 0 Å². The minimum absolute atomic E-state index is 0.0403. The van der Waals surface area contributed by atoms with Gasteiger partial charge in [-0.05, 0) is 18.2 Å². The Hall–Kier alpha value is -0.680. The second-order valence-electron chi connectivity index (χ2n) is 4.75. The number of hydrogen-bond acceptors (Lipinski definition) is 5. The van der Waals surface area contributed by atoms with Crippen LogP contribution in [-0.2, 0) is 20.0 Å². The summed E-state index contributed by atoms with van der Waals surface area (Å²) >= 11 is 3.23. The van der Waals surface area contributed by atoms with Gasteiger partial charge in [0.05, 0.1) is 11.9 Å². The molecule has 1 fully saturated rings. The van der Waals surface area contributed by atoms with Crippen LogP contribution in [0.2, 0.25) is 0 Å². The van der Waals surface area contributed by atoms with E-state index in [2.05, 4.69) is 15.9 Å². The Morgan fingerprint density at radius 3 is 2.05 bits per heavy atom. The molecular weight excluding hydrogens is 382 g/mol. The molecule has 0 aromatic heterocycles. The van der Waals surface area contributed by atoms with E-state index >= 15 is 0 Å². The molecule has 2 rings (SSSR count). The summed E-state index contributed by atoms with van der Waals surface area (Å²) in [4.78, 5) is 0.0403. The number of nitrogens with zero attached hydrogens (tertiary/aromatic N) is 2. The highest BCUT2D eigenvalue weighted by Gasteiger charge is 2.32. The van der Waals surface area contributed by atoms with E-state index in [-0.39, 0.29) is 36.8 Å². The van der Waals surface area contributed by atoms with Crippen LogP contribution in [0.1, 0.15) is 0 Å². The average Bonchev–Trinajstić information content (AvgIpc) is 2.37. The van der Waals surface area contributed by atoms with Crippen LogP contribution in [0.3, 0.4) is 0 Å². The van der Waals surface area contributed by atoms with E-state index in [1.807, 2.05) is 0 Å². The third-order valence-corrected chi connectivity index (χ3v) is 7.03. The molecule has 0 unspecified atom stereocenters. The minimum atomic E-state index is -3.71. The number of hydrogen-bond donors (Lipinski definition) is 1. The van der Waals surface area contributed by atoms with Crippen molar-refractivity contribution >= 4 is 41.7 Å². The van der Waals surface area contributed by atoms with Gasteiger partial charge in [-0.25, -0.2) is 16.8 Å². The molecule has 0 radical (unpaired) electrons. The van der Waals surface area contributed by atoms with Crippen LogP contribution in [-0.4, -0.2) is 57.9 Å². The molecule has 1 aromatic rings. The van der Waals surface area contributed by atoms with E-state index in [4.69, 9.17) is 5.73 Å². The maximum atomic E-state index is 12.5. The van der Waals surface area contributed by atoms with Gasteiger partial charge in [0, 0.05) is 30.7 Å². The van der Waals surface area contributed by atoms with Crippen LogP contribution in [0.15, 0.2) is 27.6 Å². The van der Waals surface area contributed by atoms with Crippen molar-refractivity contribution in [3.05, 3.63) is 22.7 Å². The number of nitrogens with two attached hydrogens (primary N) is 1. The van der Waals surface area contributed by atoms with Crippen LogP contribution in [0, 0.1) is 0 Å². The molecule has 0 amide bonds. The zero-order valence-corrected chi connectivity index (χ0v) is 14.6. The van der Waals surface area contributed by atoms with Crippen molar-refractivity contribution in [3.8, 4) is 0 Å². The highest BCUT2D eigenvalue weighted by Crippen LogP contribution is 2.26. The third kappa shape index (κ3) is 3.57. The monoisotopic (exact) mass is 397 g/mol. The summed E-state index contributed by atoms with van der Waals surface area (Å²) in [7, 11) is -7.00. The van der Waals surface area contributed by atoms with Crippen molar-refractivity contribution < 1.29 is 16.8 Å². The summed E-state index contributed by atoms with van der Waals surface area (Å²) in [5.41, 5.74) is 5.93. The summed E-state index contributed by atoms with van der Waals surface area (Å²) in [5.74, 6) is 0. The normalized spacial score (nSPS) is 18.8. The Bertz CT molecular complexity index is 741. The molecule has 0 bridgehead atoms. The number of rotatable bonds is 3. The quantitative estimate of drug-likeness (QED) is 0.738. The number of nitrogen functional groups attached to an aromatic ring is 1. The fourth-order valence-corrected chi connectivity index (χ4v) is 4.86. The van der Waals surface area contributed by atoms with Crippen LogP contribution >= 0.6 is 15.9 Å². The molecule has 1 aromatic carbocycles. The molecule has 21 heavy (non-hydrogen) atoms. The van der Waals surface area contributed by atoms with Crippen molar-refractivity contribution in [2.45, 2.75) is 4.90 Å². The molecule has 1 aliphatic rings. The highest BCUT2D eigenvalue weighted by molar-refractivity contribution is 9.10. The van der Waals surface area contributed by atoms with Crippen LogP contribution in [0.25, 0.3) is 0 Å². The van der Waals surface area contributed by atoms with E-state index in [9.17, 15) is 16.8 Å². The zero-order valence-electron chi connectivity index (χ0n) is 11.4. The lowest BCUT2D eigenvalue weighted by Gasteiger charge is -2.32. The lowest BCUT2D eigenvalue weighted by Crippen LogP contribution is -2.50. The maximum absolute atomic E-state index is 12.5. The van der Waals surface area contributed by atoms with Crippen molar-refractivity contribution in [1.29, 1.82) is 0 Å². The Balaban J connectivity index is 2.23. The fourth-order valence-electron chi connectivity index (χ4n) is 2.14.